The number of nitrogens with zero attached hydrogens (tertiary/aromatic N) is 6. The molecule has 0 saturated carbocycles. The molecule has 1 saturated heterocycles. The highest BCUT2D eigenvalue weighted by Crippen LogP contribution is 2.33. The first-order chi connectivity index (χ1) is 16.9. The normalized spacial score (nSPS) is 17.3. The Labute approximate surface area is 201 Å². The molecule has 0 bridgehead atoms. The topological polar surface area (TPSA) is 96.2 Å². The van der Waals surface area contributed by atoms with Crippen molar-refractivity contribution >= 4 is 11.9 Å². The van der Waals surface area contributed by atoms with Gasteiger partial charge in [-0.1, -0.05) is 0 Å². The van der Waals surface area contributed by atoms with Crippen LogP contribution in [-0.2, 0) is 36.7 Å². The van der Waals surface area contributed by atoms with Crippen LogP contribution >= 0.6 is 0 Å². The summed E-state index contributed by atoms with van der Waals surface area (Å²) in [4.78, 5) is 36.0. The van der Waals surface area contributed by atoms with E-state index in [0.29, 0.717) is 29.9 Å². The SMILES string of the molecule is C[C@@H](NCn1nc2c(c(C(F)(F)F)c1=O)CCC2)C(=O)N1CCN(c2ncc(C(F)(F)F)cn2)CC1. The Hall–Kier alpha value is -3.23. The van der Waals surface area contributed by atoms with E-state index in [9.17, 15) is 35.9 Å². The maximum atomic E-state index is 13.5. The van der Waals surface area contributed by atoms with E-state index in [2.05, 4.69) is 20.4 Å². The molecule has 0 spiro atoms. The number of anilines is 1. The monoisotopic (exact) mass is 519 g/mol. The van der Waals surface area contributed by atoms with Crippen molar-refractivity contribution in [2.75, 3.05) is 31.1 Å². The molecule has 0 aromatic carbocycles. The Kier molecular flexibility index (Phi) is 6.94. The molecule has 1 atom stereocenters. The predicted octanol–water partition coefficient (Wildman–Crippen LogP) is 1.84. The molecule has 2 aliphatic rings. The maximum absolute atomic E-state index is 13.5. The molecule has 0 radical (unpaired) electrons. The number of hydrogen-bond donors (Lipinski definition) is 1. The van der Waals surface area contributed by atoms with Crippen LogP contribution in [0.3, 0.4) is 0 Å². The van der Waals surface area contributed by atoms with Gasteiger partial charge in [0.1, 0.15) is 5.56 Å². The quantitative estimate of drug-likeness (QED) is 0.603. The molecule has 2 aromatic rings. The molecule has 1 aliphatic carbocycles. The first kappa shape index (κ1) is 25.9. The van der Waals surface area contributed by atoms with Gasteiger partial charge in [0, 0.05) is 38.6 Å². The van der Waals surface area contributed by atoms with Gasteiger partial charge in [0.15, 0.2) is 0 Å². The van der Waals surface area contributed by atoms with Crippen LogP contribution < -0.4 is 15.8 Å². The lowest BCUT2D eigenvalue weighted by molar-refractivity contribution is -0.140. The number of carbonyl (C=O) groups excluding carboxylic acids is 1. The second-order valence-electron chi connectivity index (χ2n) is 8.62. The van der Waals surface area contributed by atoms with Gasteiger partial charge in [-0.15, -0.1) is 0 Å². The highest BCUT2D eigenvalue weighted by molar-refractivity contribution is 5.81. The lowest BCUT2D eigenvalue weighted by Gasteiger charge is -2.36. The number of fused-ring (bicyclic) bond motifs is 1. The molecule has 9 nitrogen and oxygen atoms in total. The maximum Gasteiger partial charge on any atom is 0.422 e. The fourth-order valence-electron chi connectivity index (χ4n) is 4.30. The molecule has 4 rings (SSSR count). The van der Waals surface area contributed by atoms with Crippen LogP contribution in [0.15, 0.2) is 17.2 Å². The van der Waals surface area contributed by atoms with Crippen molar-refractivity contribution in [1.29, 1.82) is 0 Å². The van der Waals surface area contributed by atoms with Gasteiger partial charge >= 0.3 is 12.4 Å². The summed E-state index contributed by atoms with van der Waals surface area (Å²) in [5.74, 6) is -0.225. The lowest BCUT2D eigenvalue weighted by atomic mass is 10.1. The van der Waals surface area contributed by atoms with Gasteiger partial charge in [-0.05, 0) is 31.7 Å². The van der Waals surface area contributed by atoms with Crippen molar-refractivity contribution in [1.82, 2.24) is 30.0 Å². The summed E-state index contributed by atoms with van der Waals surface area (Å²) in [6.45, 7) is 2.20. The Bertz CT molecular complexity index is 1170. The Morgan fingerprint density at radius 1 is 1.03 bits per heavy atom. The number of amides is 1. The molecule has 0 unspecified atom stereocenters. The van der Waals surface area contributed by atoms with Crippen molar-refractivity contribution in [3.63, 3.8) is 0 Å². The highest BCUT2D eigenvalue weighted by Gasteiger charge is 2.40. The van der Waals surface area contributed by atoms with Gasteiger partial charge in [-0.25, -0.2) is 14.6 Å². The van der Waals surface area contributed by atoms with E-state index in [1.54, 1.807) is 4.90 Å². The average molecular weight is 519 g/mol. The van der Waals surface area contributed by atoms with Gasteiger partial charge in [0.05, 0.1) is 24.0 Å². The predicted molar refractivity (Wildman–Crippen MR) is 114 cm³/mol. The van der Waals surface area contributed by atoms with E-state index in [1.807, 2.05) is 0 Å². The van der Waals surface area contributed by atoms with Gasteiger partial charge in [-0.2, -0.15) is 31.4 Å². The minimum Gasteiger partial charge on any atom is -0.338 e. The fourth-order valence-corrected chi connectivity index (χ4v) is 4.30. The van der Waals surface area contributed by atoms with Crippen LogP contribution in [0.1, 0.15) is 35.7 Å². The van der Waals surface area contributed by atoms with E-state index in [-0.39, 0.29) is 62.4 Å². The number of aryl methyl sites for hydroxylation is 1. The van der Waals surface area contributed by atoms with Gasteiger partial charge in [0.2, 0.25) is 11.9 Å². The standard InChI is InChI=1S/C21H23F6N7O2/c1-12(30-11-34-18(36)16(21(25,26)27)14-3-2-4-15(14)31-34)17(35)32-5-7-33(8-6-32)19-28-9-13(10-29-19)20(22,23)24/h9-10,12,30H,2-8,11H2,1H3/t12-/m1/s1. The summed E-state index contributed by atoms with van der Waals surface area (Å²) >= 11 is 0. The summed E-state index contributed by atoms with van der Waals surface area (Å²) in [5, 5.41) is 6.83. The number of halogens is 6. The number of nitrogens with one attached hydrogen (secondary N) is 1. The summed E-state index contributed by atoms with van der Waals surface area (Å²) in [7, 11) is 0. The third-order valence-corrected chi connectivity index (χ3v) is 6.22. The number of aromatic nitrogens is 4. The average Bonchev–Trinajstić information content (AvgIpc) is 3.28. The molecule has 196 valence electrons. The van der Waals surface area contributed by atoms with Crippen molar-refractivity contribution in [2.45, 2.75) is 51.2 Å². The van der Waals surface area contributed by atoms with Gasteiger partial charge in [-0.3, -0.25) is 14.9 Å². The second-order valence-corrected chi connectivity index (χ2v) is 8.62. The zero-order valence-electron chi connectivity index (χ0n) is 19.2. The Balaban J connectivity index is 1.35. The largest absolute Gasteiger partial charge is 0.422 e. The van der Waals surface area contributed by atoms with Crippen molar-refractivity contribution < 1.29 is 31.1 Å². The first-order valence-electron chi connectivity index (χ1n) is 11.2. The second kappa shape index (κ2) is 9.67. The summed E-state index contributed by atoms with van der Waals surface area (Å²) in [5.41, 5.74) is -3.22. The van der Waals surface area contributed by atoms with Gasteiger partial charge < -0.3 is 9.80 Å². The molecule has 36 heavy (non-hydrogen) atoms. The van der Waals surface area contributed by atoms with Crippen molar-refractivity contribution in [3.05, 3.63) is 45.1 Å². The zero-order valence-corrected chi connectivity index (χ0v) is 19.2. The summed E-state index contributed by atoms with van der Waals surface area (Å²) in [6.07, 6.45) is -6.95. The van der Waals surface area contributed by atoms with Crippen LogP contribution in [-0.4, -0.2) is 62.8 Å². The third-order valence-electron chi connectivity index (χ3n) is 6.22. The number of rotatable bonds is 5. The van der Waals surface area contributed by atoms with Crippen LogP contribution in [0.2, 0.25) is 0 Å². The van der Waals surface area contributed by atoms with E-state index in [0.717, 1.165) is 0 Å². The smallest absolute Gasteiger partial charge is 0.338 e. The summed E-state index contributed by atoms with van der Waals surface area (Å²) < 4.78 is 79.2. The zero-order chi connectivity index (χ0) is 26.3. The fraction of sp³-hybridized carbons (Fsp3) is 0.571. The molecule has 1 fully saturated rings. The third kappa shape index (κ3) is 5.29. The van der Waals surface area contributed by atoms with Crippen molar-refractivity contribution in [3.8, 4) is 0 Å². The molecule has 1 N–H and O–H groups in total. The Morgan fingerprint density at radius 2 is 1.67 bits per heavy atom. The van der Waals surface area contributed by atoms with Crippen LogP contribution in [0.4, 0.5) is 32.3 Å². The summed E-state index contributed by atoms with van der Waals surface area (Å²) in [6, 6.07) is -0.824. The van der Waals surface area contributed by atoms with Crippen LogP contribution in [0.5, 0.6) is 0 Å². The van der Waals surface area contributed by atoms with Crippen LogP contribution in [0.25, 0.3) is 0 Å². The molecular formula is C21H23F6N7O2. The van der Waals surface area contributed by atoms with E-state index >= 15 is 0 Å². The minimum atomic E-state index is -4.80. The minimum absolute atomic E-state index is 0.0530. The number of piperazine rings is 1. The number of alkyl halides is 6. The van der Waals surface area contributed by atoms with E-state index in [4.69, 9.17) is 0 Å². The van der Waals surface area contributed by atoms with Gasteiger partial charge in [0.25, 0.3) is 5.56 Å². The molecular weight excluding hydrogens is 496 g/mol. The molecule has 1 amide bonds. The lowest BCUT2D eigenvalue weighted by Crippen LogP contribution is -2.54. The van der Waals surface area contributed by atoms with Crippen LogP contribution in [0, 0.1) is 0 Å². The van der Waals surface area contributed by atoms with E-state index < -0.39 is 35.1 Å². The van der Waals surface area contributed by atoms with Crippen molar-refractivity contribution in [2.24, 2.45) is 0 Å². The Morgan fingerprint density at radius 3 is 2.25 bits per heavy atom. The molecule has 2 aromatic heterocycles. The molecule has 3 heterocycles. The highest BCUT2D eigenvalue weighted by atomic mass is 19.4. The first-order valence-corrected chi connectivity index (χ1v) is 11.2. The number of hydrogen-bond acceptors (Lipinski definition) is 7. The van der Waals surface area contributed by atoms with E-state index in [1.165, 1.54) is 11.8 Å². The molecule has 1 aliphatic heterocycles. The number of carbonyl (C=O) groups is 1. The molecule has 15 heteroatoms.